The van der Waals surface area contributed by atoms with Gasteiger partial charge in [-0.05, 0) is 31.5 Å². The fourth-order valence-corrected chi connectivity index (χ4v) is 3.62. The lowest BCUT2D eigenvalue weighted by Crippen LogP contribution is -2.53. The molecule has 2 heterocycles. The zero-order valence-electron chi connectivity index (χ0n) is 18.3. The summed E-state index contributed by atoms with van der Waals surface area (Å²) in [5.41, 5.74) is 1.44. The van der Waals surface area contributed by atoms with Gasteiger partial charge in [0.2, 0.25) is 0 Å². The molecule has 174 valence electrons. The molecule has 2 aliphatic heterocycles. The predicted octanol–water partition coefficient (Wildman–Crippen LogP) is 2.52. The first-order chi connectivity index (χ1) is 14.6. The Hall–Kier alpha value is -1.82. The molecule has 0 saturated carbocycles. The molecule has 0 bridgehead atoms. The van der Waals surface area contributed by atoms with Crippen molar-refractivity contribution in [3.05, 3.63) is 29.6 Å². The van der Waals surface area contributed by atoms with E-state index in [0.717, 1.165) is 18.1 Å². The minimum Gasteiger partial charge on any atom is -0.450 e. The van der Waals surface area contributed by atoms with Gasteiger partial charge in [0.05, 0.1) is 32.1 Å². The van der Waals surface area contributed by atoms with Gasteiger partial charge in [-0.2, -0.15) is 0 Å². The molecular formula is C21H33FIN5O3. The maximum absolute atomic E-state index is 14.6. The molecule has 0 aliphatic carbocycles. The highest BCUT2D eigenvalue weighted by molar-refractivity contribution is 14.0. The standard InChI is InChI=1S/C21H32FN5O3.HI/c1-3-23-20(26-7-9-27(10-8-26)21(28)30-4-2)24-16-17-5-6-19(18(22)15-17)25-11-13-29-14-12-25;/h5-6,15H,3-4,7-14,16H2,1-2H3,(H,23,24);1H. The molecule has 2 fully saturated rings. The molecule has 2 saturated heterocycles. The van der Waals surface area contributed by atoms with Gasteiger partial charge in [0.1, 0.15) is 5.82 Å². The predicted molar refractivity (Wildman–Crippen MR) is 130 cm³/mol. The summed E-state index contributed by atoms with van der Waals surface area (Å²) in [6, 6.07) is 5.33. The number of benzene rings is 1. The van der Waals surface area contributed by atoms with Crippen molar-refractivity contribution in [3.8, 4) is 0 Å². The van der Waals surface area contributed by atoms with Crippen molar-refractivity contribution in [3.63, 3.8) is 0 Å². The van der Waals surface area contributed by atoms with Crippen LogP contribution < -0.4 is 10.2 Å². The first-order valence-corrected chi connectivity index (χ1v) is 10.7. The third-order valence-corrected chi connectivity index (χ3v) is 5.22. The Morgan fingerprint density at radius 1 is 1.13 bits per heavy atom. The van der Waals surface area contributed by atoms with Crippen molar-refractivity contribution >= 4 is 41.7 Å². The van der Waals surface area contributed by atoms with Crippen LogP contribution in [0, 0.1) is 5.82 Å². The lowest BCUT2D eigenvalue weighted by Gasteiger charge is -2.35. The highest BCUT2D eigenvalue weighted by Gasteiger charge is 2.23. The van der Waals surface area contributed by atoms with Crippen molar-refractivity contribution in [1.82, 2.24) is 15.1 Å². The molecule has 2 aliphatic rings. The van der Waals surface area contributed by atoms with Crippen molar-refractivity contribution in [1.29, 1.82) is 0 Å². The number of carbonyl (C=O) groups is 1. The topological polar surface area (TPSA) is 69.6 Å². The quantitative estimate of drug-likeness (QED) is 0.346. The van der Waals surface area contributed by atoms with E-state index in [1.165, 1.54) is 0 Å². The van der Waals surface area contributed by atoms with E-state index in [2.05, 4.69) is 10.2 Å². The van der Waals surface area contributed by atoms with E-state index >= 15 is 0 Å². The third-order valence-electron chi connectivity index (χ3n) is 5.22. The monoisotopic (exact) mass is 549 g/mol. The number of hydrogen-bond acceptors (Lipinski definition) is 5. The average Bonchev–Trinajstić information content (AvgIpc) is 2.77. The Morgan fingerprint density at radius 2 is 1.81 bits per heavy atom. The van der Waals surface area contributed by atoms with Crippen LogP contribution in [-0.2, 0) is 16.0 Å². The molecule has 8 nitrogen and oxygen atoms in total. The van der Waals surface area contributed by atoms with E-state index in [9.17, 15) is 9.18 Å². The summed E-state index contributed by atoms with van der Waals surface area (Å²) in [6.45, 7) is 10.5. The van der Waals surface area contributed by atoms with E-state index in [1.807, 2.05) is 24.0 Å². The largest absolute Gasteiger partial charge is 0.450 e. The van der Waals surface area contributed by atoms with Crippen molar-refractivity contribution < 1.29 is 18.7 Å². The van der Waals surface area contributed by atoms with Crippen molar-refractivity contribution in [2.75, 3.05) is 70.5 Å². The maximum atomic E-state index is 14.6. The van der Waals surface area contributed by atoms with Gasteiger partial charge in [-0.25, -0.2) is 14.2 Å². The Labute approximate surface area is 200 Å². The molecule has 0 radical (unpaired) electrons. The molecule has 1 amide bonds. The van der Waals surface area contributed by atoms with Crippen LogP contribution in [0.15, 0.2) is 23.2 Å². The van der Waals surface area contributed by atoms with Crippen LogP contribution in [0.2, 0.25) is 0 Å². The highest BCUT2D eigenvalue weighted by Crippen LogP contribution is 2.22. The van der Waals surface area contributed by atoms with Crippen LogP contribution in [0.5, 0.6) is 0 Å². The number of rotatable bonds is 5. The molecule has 1 aromatic rings. The Morgan fingerprint density at radius 3 is 2.42 bits per heavy atom. The minimum absolute atomic E-state index is 0. The highest BCUT2D eigenvalue weighted by atomic mass is 127. The van der Waals surface area contributed by atoms with Crippen molar-refractivity contribution in [2.24, 2.45) is 4.99 Å². The molecule has 0 atom stereocenters. The molecule has 0 aromatic heterocycles. The third kappa shape index (κ3) is 7.09. The van der Waals surface area contributed by atoms with Crippen molar-refractivity contribution in [2.45, 2.75) is 20.4 Å². The smallest absolute Gasteiger partial charge is 0.409 e. The maximum Gasteiger partial charge on any atom is 0.409 e. The van der Waals surface area contributed by atoms with Gasteiger partial charge >= 0.3 is 6.09 Å². The lowest BCUT2D eigenvalue weighted by atomic mass is 10.1. The fraction of sp³-hybridized carbons (Fsp3) is 0.619. The number of halogens is 2. The molecule has 0 unspecified atom stereocenters. The average molecular weight is 549 g/mol. The molecular weight excluding hydrogens is 516 g/mol. The lowest BCUT2D eigenvalue weighted by molar-refractivity contribution is 0.0914. The van der Waals surface area contributed by atoms with Gasteiger partial charge in [-0.3, -0.25) is 0 Å². The Balaban J connectivity index is 0.00000341. The van der Waals surface area contributed by atoms with E-state index < -0.39 is 0 Å². The second-order valence-corrected chi connectivity index (χ2v) is 7.23. The summed E-state index contributed by atoms with van der Waals surface area (Å²) in [5.74, 6) is 0.552. The second-order valence-electron chi connectivity index (χ2n) is 7.23. The van der Waals surface area contributed by atoms with Crippen LogP contribution in [-0.4, -0.2) is 87.5 Å². The first-order valence-electron chi connectivity index (χ1n) is 10.7. The van der Waals surface area contributed by atoms with Crippen LogP contribution in [0.3, 0.4) is 0 Å². The molecule has 10 heteroatoms. The zero-order valence-corrected chi connectivity index (χ0v) is 20.6. The van der Waals surface area contributed by atoms with Gasteiger partial charge < -0.3 is 29.5 Å². The summed E-state index contributed by atoms with van der Waals surface area (Å²) in [6.07, 6.45) is -0.269. The number of carbonyl (C=O) groups excluding carboxylic acids is 1. The number of ether oxygens (including phenoxy) is 2. The number of morpholine rings is 1. The Kier molecular flexibility index (Phi) is 10.6. The van der Waals surface area contributed by atoms with Crippen LogP contribution >= 0.6 is 24.0 Å². The minimum atomic E-state index is -0.269. The van der Waals surface area contributed by atoms with Gasteiger partial charge in [0, 0.05) is 45.8 Å². The van der Waals surface area contributed by atoms with Gasteiger partial charge in [0.25, 0.3) is 0 Å². The molecule has 0 spiro atoms. The number of guanidine groups is 1. The summed E-state index contributed by atoms with van der Waals surface area (Å²) in [7, 11) is 0. The molecule has 3 rings (SSSR count). The number of amides is 1. The number of piperazine rings is 1. The fourth-order valence-electron chi connectivity index (χ4n) is 3.62. The second kappa shape index (κ2) is 12.9. The van der Waals surface area contributed by atoms with Crippen LogP contribution in [0.1, 0.15) is 19.4 Å². The van der Waals surface area contributed by atoms with Gasteiger partial charge in [-0.1, -0.05) is 6.07 Å². The van der Waals surface area contributed by atoms with E-state index in [4.69, 9.17) is 14.5 Å². The van der Waals surface area contributed by atoms with Gasteiger partial charge in [-0.15, -0.1) is 24.0 Å². The zero-order chi connectivity index (χ0) is 21.3. The van der Waals surface area contributed by atoms with E-state index in [-0.39, 0.29) is 35.9 Å². The molecule has 31 heavy (non-hydrogen) atoms. The summed E-state index contributed by atoms with van der Waals surface area (Å²) in [4.78, 5) is 22.4. The molecule has 1 N–H and O–H groups in total. The first kappa shape index (κ1) is 25.4. The SMILES string of the molecule is CCNC(=NCc1ccc(N2CCOCC2)c(F)c1)N1CCN(C(=O)OCC)CC1.I. The van der Waals surface area contributed by atoms with Crippen LogP contribution in [0.25, 0.3) is 0 Å². The molecule has 1 aromatic carbocycles. The summed E-state index contributed by atoms with van der Waals surface area (Å²) in [5, 5.41) is 3.29. The number of nitrogens with zero attached hydrogens (tertiary/aromatic N) is 4. The number of aliphatic imine (C=N–C) groups is 1. The van der Waals surface area contributed by atoms with E-state index in [0.29, 0.717) is 71.3 Å². The Bertz CT molecular complexity index is 738. The number of nitrogens with one attached hydrogen (secondary N) is 1. The van der Waals surface area contributed by atoms with Gasteiger partial charge in [0.15, 0.2) is 5.96 Å². The number of hydrogen-bond donors (Lipinski definition) is 1. The normalized spacial score (nSPS) is 17.3. The van der Waals surface area contributed by atoms with E-state index in [1.54, 1.807) is 17.9 Å². The summed E-state index contributed by atoms with van der Waals surface area (Å²) < 4.78 is 25.0. The summed E-state index contributed by atoms with van der Waals surface area (Å²) >= 11 is 0. The van der Waals surface area contributed by atoms with Crippen LogP contribution in [0.4, 0.5) is 14.9 Å². The number of anilines is 1.